The van der Waals surface area contributed by atoms with Crippen LogP contribution in [0.5, 0.6) is 0 Å². The first-order valence-corrected chi connectivity index (χ1v) is 11.0. The van der Waals surface area contributed by atoms with Gasteiger partial charge in [0.15, 0.2) is 5.16 Å². The minimum atomic E-state index is -0.00455. The van der Waals surface area contributed by atoms with Crippen LogP contribution in [0.15, 0.2) is 9.95 Å². The molecule has 0 radical (unpaired) electrons. The maximum absolute atomic E-state index is 13.0. The average Bonchev–Trinajstić information content (AvgIpc) is 2.87. The Kier molecular flexibility index (Phi) is 7.70. The van der Waals surface area contributed by atoms with E-state index in [9.17, 15) is 9.59 Å². The first-order chi connectivity index (χ1) is 12.3. The smallest absolute Gasteiger partial charge is 0.263 e. The van der Waals surface area contributed by atoms with Gasteiger partial charge in [0.1, 0.15) is 4.83 Å². The Bertz CT molecular complexity index is 824. The molecule has 0 bridgehead atoms. The minimum Gasteiger partial charge on any atom is -0.355 e. The van der Waals surface area contributed by atoms with E-state index in [2.05, 4.69) is 26.1 Å². The molecule has 0 aliphatic carbocycles. The molecular weight excluding hydrogens is 366 g/mol. The standard InChI is InChI=1S/C19H29N3O2S2/c1-6-7-8-9-20-15(23)11-25-19-21-17-16(13(4)14(5)26-17)18(24)22(19)10-12(2)3/h12H,6-11H2,1-5H3,(H,20,23). The SMILES string of the molecule is CCCCCNC(=O)CSc1nc2sc(C)c(C)c2c(=O)n1CC(C)C. The quantitative estimate of drug-likeness (QED) is 0.394. The number of fused-ring (bicyclic) bond motifs is 1. The summed E-state index contributed by atoms with van der Waals surface area (Å²) in [5.74, 6) is 0.607. The number of amides is 1. The maximum Gasteiger partial charge on any atom is 0.263 e. The zero-order chi connectivity index (χ0) is 19.3. The van der Waals surface area contributed by atoms with Crippen molar-refractivity contribution in [2.24, 2.45) is 5.92 Å². The summed E-state index contributed by atoms with van der Waals surface area (Å²) in [6, 6.07) is 0. The Labute approximate surface area is 163 Å². The van der Waals surface area contributed by atoms with Crippen molar-refractivity contribution in [3.63, 3.8) is 0 Å². The van der Waals surface area contributed by atoms with Crippen LogP contribution in [-0.4, -0.2) is 27.8 Å². The fourth-order valence-corrected chi connectivity index (χ4v) is 4.64. The molecule has 1 amide bonds. The molecular formula is C19H29N3O2S2. The van der Waals surface area contributed by atoms with Gasteiger partial charge in [-0.2, -0.15) is 0 Å². The number of hydrogen-bond acceptors (Lipinski definition) is 5. The van der Waals surface area contributed by atoms with Gasteiger partial charge in [-0.1, -0.05) is 45.4 Å². The van der Waals surface area contributed by atoms with Crippen molar-refractivity contribution in [1.29, 1.82) is 0 Å². The molecule has 2 aromatic heterocycles. The third-order valence-corrected chi connectivity index (χ3v) is 6.31. The van der Waals surface area contributed by atoms with E-state index in [1.807, 2.05) is 13.8 Å². The lowest BCUT2D eigenvalue weighted by molar-refractivity contribution is -0.118. The second-order valence-corrected chi connectivity index (χ2v) is 9.16. The molecule has 0 aliphatic rings. The molecule has 0 saturated carbocycles. The zero-order valence-corrected chi connectivity index (χ0v) is 18.0. The van der Waals surface area contributed by atoms with Crippen LogP contribution in [0.3, 0.4) is 0 Å². The molecule has 0 atom stereocenters. The van der Waals surface area contributed by atoms with Gasteiger partial charge in [-0.05, 0) is 31.7 Å². The highest BCUT2D eigenvalue weighted by molar-refractivity contribution is 7.99. The summed E-state index contributed by atoms with van der Waals surface area (Å²) >= 11 is 2.90. The Morgan fingerprint density at radius 3 is 2.69 bits per heavy atom. The second-order valence-electron chi connectivity index (χ2n) is 7.01. The van der Waals surface area contributed by atoms with Crippen LogP contribution in [0.25, 0.3) is 10.2 Å². The molecule has 0 saturated heterocycles. The second kappa shape index (κ2) is 9.55. The maximum atomic E-state index is 13.0. The van der Waals surface area contributed by atoms with Gasteiger partial charge in [-0.25, -0.2) is 4.98 Å². The highest BCUT2D eigenvalue weighted by Crippen LogP contribution is 2.28. The Balaban J connectivity index is 2.22. The predicted molar refractivity (Wildman–Crippen MR) is 111 cm³/mol. The van der Waals surface area contributed by atoms with Gasteiger partial charge in [0.05, 0.1) is 11.1 Å². The van der Waals surface area contributed by atoms with E-state index in [-0.39, 0.29) is 17.2 Å². The van der Waals surface area contributed by atoms with Gasteiger partial charge < -0.3 is 5.32 Å². The summed E-state index contributed by atoms with van der Waals surface area (Å²) in [6.07, 6.45) is 3.26. The van der Waals surface area contributed by atoms with Crippen molar-refractivity contribution < 1.29 is 4.79 Å². The summed E-state index contributed by atoms with van der Waals surface area (Å²) < 4.78 is 1.74. The number of thiophene rings is 1. The Hall–Kier alpha value is -1.34. The van der Waals surface area contributed by atoms with E-state index in [1.54, 1.807) is 15.9 Å². The number of carbonyl (C=O) groups is 1. The highest BCUT2D eigenvalue weighted by atomic mass is 32.2. The molecule has 144 valence electrons. The molecule has 0 fully saturated rings. The molecule has 1 N–H and O–H groups in total. The Morgan fingerprint density at radius 1 is 1.31 bits per heavy atom. The van der Waals surface area contributed by atoms with Crippen LogP contribution in [0, 0.1) is 19.8 Å². The van der Waals surface area contributed by atoms with Gasteiger partial charge in [0, 0.05) is 18.0 Å². The normalized spacial score (nSPS) is 11.5. The number of nitrogens with one attached hydrogen (secondary N) is 1. The van der Waals surface area contributed by atoms with E-state index in [1.165, 1.54) is 11.8 Å². The fourth-order valence-electron chi connectivity index (χ4n) is 2.73. The van der Waals surface area contributed by atoms with E-state index >= 15 is 0 Å². The Morgan fingerprint density at radius 2 is 2.04 bits per heavy atom. The minimum absolute atomic E-state index is 0.00455. The topological polar surface area (TPSA) is 64.0 Å². The monoisotopic (exact) mass is 395 g/mol. The van der Waals surface area contributed by atoms with Gasteiger partial charge in [-0.15, -0.1) is 11.3 Å². The molecule has 2 aromatic rings. The van der Waals surface area contributed by atoms with Gasteiger partial charge in [-0.3, -0.25) is 14.2 Å². The molecule has 0 aromatic carbocycles. The number of aryl methyl sites for hydroxylation is 2. The van der Waals surface area contributed by atoms with Crippen LogP contribution in [-0.2, 0) is 11.3 Å². The molecule has 0 unspecified atom stereocenters. The summed E-state index contributed by atoms with van der Waals surface area (Å²) in [5.41, 5.74) is 1.03. The molecule has 0 aliphatic heterocycles. The van der Waals surface area contributed by atoms with Crippen LogP contribution in [0.2, 0.25) is 0 Å². The summed E-state index contributed by atoms with van der Waals surface area (Å²) in [4.78, 5) is 31.7. The lowest BCUT2D eigenvalue weighted by atomic mass is 10.2. The van der Waals surface area contributed by atoms with Crippen molar-refractivity contribution in [2.45, 2.75) is 65.6 Å². The zero-order valence-electron chi connectivity index (χ0n) is 16.3. The molecule has 0 spiro atoms. The van der Waals surface area contributed by atoms with Crippen LogP contribution in [0.4, 0.5) is 0 Å². The van der Waals surface area contributed by atoms with Crippen molar-refractivity contribution in [3.05, 3.63) is 20.8 Å². The van der Waals surface area contributed by atoms with Crippen molar-refractivity contribution >= 4 is 39.2 Å². The number of nitrogens with zero attached hydrogens (tertiary/aromatic N) is 2. The van der Waals surface area contributed by atoms with Gasteiger partial charge in [0.2, 0.25) is 5.91 Å². The highest BCUT2D eigenvalue weighted by Gasteiger charge is 2.18. The number of hydrogen-bond donors (Lipinski definition) is 1. The van der Waals surface area contributed by atoms with Gasteiger partial charge in [0.25, 0.3) is 5.56 Å². The van der Waals surface area contributed by atoms with E-state index < -0.39 is 0 Å². The number of carbonyl (C=O) groups excluding carboxylic acids is 1. The van der Waals surface area contributed by atoms with Crippen LogP contribution >= 0.6 is 23.1 Å². The lowest BCUT2D eigenvalue weighted by Gasteiger charge is -2.14. The van der Waals surface area contributed by atoms with E-state index in [4.69, 9.17) is 4.98 Å². The first-order valence-electron chi connectivity index (χ1n) is 9.25. The lowest BCUT2D eigenvalue weighted by Crippen LogP contribution is -2.28. The first kappa shape index (κ1) is 21.0. The molecule has 5 nitrogen and oxygen atoms in total. The van der Waals surface area contributed by atoms with E-state index in [0.717, 1.165) is 39.9 Å². The largest absolute Gasteiger partial charge is 0.355 e. The molecule has 26 heavy (non-hydrogen) atoms. The summed E-state index contributed by atoms with van der Waals surface area (Å²) in [7, 11) is 0. The predicted octanol–water partition coefficient (Wildman–Crippen LogP) is 4.13. The van der Waals surface area contributed by atoms with Gasteiger partial charge >= 0.3 is 0 Å². The molecule has 2 heterocycles. The van der Waals surface area contributed by atoms with Crippen LogP contribution < -0.4 is 10.9 Å². The van der Waals surface area contributed by atoms with Crippen molar-refractivity contribution in [3.8, 4) is 0 Å². The molecule has 2 rings (SSSR count). The van der Waals surface area contributed by atoms with Crippen molar-refractivity contribution in [1.82, 2.24) is 14.9 Å². The van der Waals surface area contributed by atoms with Crippen molar-refractivity contribution in [2.75, 3.05) is 12.3 Å². The fraction of sp³-hybridized carbons (Fsp3) is 0.632. The van der Waals surface area contributed by atoms with Crippen LogP contribution in [0.1, 0.15) is 50.5 Å². The third-order valence-electron chi connectivity index (χ3n) is 4.24. The molecule has 7 heteroatoms. The summed E-state index contributed by atoms with van der Waals surface area (Å²) in [6.45, 7) is 11.6. The number of aromatic nitrogens is 2. The third kappa shape index (κ3) is 5.10. The number of rotatable bonds is 9. The number of unbranched alkanes of at least 4 members (excludes halogenated alkanes) is 2. The van der Waals surface area contributed by atoms with E-state index in [0.29, 0.717) is 24.2 Å². The summed E-state index contributed by atoms with van der Waals surface area (Å²) in [5, 5.41) is 4.30. The number of thioether (sulfide) groups is 1. The average molecular weight is 396 g/mol.